The molecular weight excluding hydrogens is 305 g/mol. The van der Waals surface area contributed by atoms with Crippen LogP contribution in [-0.2, 0) is 11.2 Å². The number of amides is 1. The molecule has 0 radical (unpaired) electrons. The van der Waals surface area contributed by atoms with E-state index in [1.165, 1.54) is 6.07 Å². The summed E-state index contributed by atoms with van der Waals surface area (Å²) in [4.78, 5) is 11.9. The second-order valence-corrected chi connectivity index (χ2v) is 7.24. The van der Waals surface area contributed by atoms with Crippen LogP contribution in [0.25, 0.3) is 0 Å². The summed E-state index contributed by atoms with van der Waals surface area (Å²) in [6.45, 7) is 7.36. The van der Waals surface area contributed by atoms with Crippen LogP contribution in [0.5, 0.6) is 0 Å². The predicted molar refractivity (Wildman–Crippen MR) is 82.4 cm³/mol. The monoisotopic (exact) mass is 328 g/mol. The molecule has 6 heteroatoms. The van der Waals surface area contributed by atoms with Gasteiger partial charge in [0.2, 0.25) is 5.91 Å². The lowest BCUT2D eigenvalue weighted by atomic mass is 9.93. The molecule has 1 atom stereocenters. The van der Waals surface area contributed by atoms with Gasteiger partial charge in [0.15, 0.2) is 0 Å². The first kappa shape index (κ1) is 17.8. The van der Waals surface area contributed by atoms with Crippen molar-refractivity contribution in [1.82, 2.24) is 10.4 Å². The Labute approximate surface area is 134 Å². The Kier molecular flexibility index (Phi) is 4.76. The van der Waals surface area contributed by atoms with Crippen LogP contribution in [0.1, 0.15) is 44.9 Å². The predicted octanol–water partition coefficient (Wildman–Crippen LogP) is 3.86. The molecule has 128 valence electrons. The number of hydrogen-bond donors (Lipinski definition) is 1. The van der Waals surface area contributed by atoms with E-state index in [-0.39, 0.29) is 18.0 Å². The molecule has 1 heterocycles. The van der Waals surface area contributed by atoms with Gasteiger partial charge in [-0.1, -0.05) is 38.1 Å². The molecule has 3 nitrogen and oxygen atoms in total. The van der Waals surface area contributed by atoms with Crippen molar-refractivity contribution >= 4 is 5.91 Å². The first-order valence-corrected chi connectivity index (χ1v) is 7.74. The zero-order valence-corrected chi connectivity index (χ0v) is 13.9. The lowest BCUT2D eigenvalue weighted by molar-refractivity contribution is -0.191. The summed E-state index contributed by atoms with van der Waals surface area (Å²) in [5.74, 6) is -0.0231. The summed E-state index contributed by atoms with van der Waals surface area (Å²) < 4.78 is 40.9. The van der Waals surface area contributed by atoms with Crippen LogP contribution in [0.2, 0.25) is 0 Å². The highest BCUT2D eigenvalue weighted by atomic mass is 19.4. The lowest BCUT2D eigenvalue weighted by Gasteiger charge is -2.30. The van der Waals surface area contributed by atoms with Crippen molar-refractivity contribution < 1.29 is 18.0 Å². The number of nitrogens with one attached hydrogen (secondary N) is 1. The van der Waals surface area contributed by atoms with Crippen LogP contribution in [0.15, 0.2) is 24.3 Å². The summed E-state index contributed by atoms with van der Waals surface area (Å²) >= 11 is 0. The van der Waals surface area contributed by atoms with Gasteiger partial charge in [-0.3, -0.25) is 10.2 Å². The first-order chi connectivity index (χ1) is 10.5. The van der Waals surface area contributed by atoms with Gasteiger partial charge in [0.1, 0.15) is 6.04 Å². The Balaban J connectivity index is 2.36. The quantitative estimate of drug-likeness (QED) is 0.910. The third-order valence-electron chi connectivity index (χ3n) is 3.96. The summed E-state index contributed by atoms with van der Waals surface area (Å²) in [7, 11) is 0. The summed E-state index contributed by atoms with van der Waals surface area (Å²) in [6, 6.07) is 4.72. The third kappa shape index (κ3) is 4.05. The number of hydrazine groups is 1. The van der Waals surface area contributed by atoms with Crippen LogP contribution in [0, 0.1) is 11.3 Å². The Morgan fingerprint density at radius 3 is 2.43 bits per heavy atom. The lowest BCUT2D eigenvalue weighted by Crippen LogP contribution is -2.43. The van der Waals surface area contributed by atoms with E-state index in [4.69, 9.17) is 0 Å². The average Bonchev–Trinajstić information content (AvgIpc) is 2.61. The van der Waals surface area contributed by atoms with E-state index in [9.17, 15) is 18.0 Å². The molecule has 1 aliphatic heterocycles. The molecule has 1 N–H and O–H groups in total. The van der Waals surface area contributed by atoms with E-state index >= 15 is 0 Å². The van der Waals surface area contributed by atoms with E-state index in [2.05, 4.69) is 5.43 Å². The third-order valence-corrected chi connectivity index (χ3v) is 3.96. The highest BCUT2D eigenvalue weighted by molar-refractivity contribution is 5.83. The Hall–Kier alpha value is -1.56. The molecule has 0 bridgehead atoms. The smallest absolute Gasteiger partial charge is 0.287 e. The second kappa shape index (κ2) is 6.15. The van der Waals surface area contributed by atoms with Gasteiger partial charge < -0.3 is 0 Å². The topological polar surface area (TPSA) is 32.3 Å². The highest BCUT2D eigenvalue weighted by Gasteiger charge is 2.51. The molecule has 1 unspecified atom stereocenters. The van der Waals surface area contributed by atoms with Crippen molar-refractivity contribution in [2.24, 2.45) is 11.3 Å². The molecule has 0 saturated carbocycles. The Bertz CT molecular complexity index is 581. The van der Waals surface area contributed by atoms with Crippen molar-refractivity contribution in [1.29, 1.82) is 0 Å². The Morgan fingerprint density at radius 1 is 1.30 bits per heavy atom. The summed E-state index contributed by atoms with van der Waals surface area (Å²) in [6.07, 6.45) is -3.75. The number of nitrogens with zero attached hydrogens (tertiary/aromatic N) is 1. The minimum absolute atomic E-state index is 0.0183. The molecule has 1 aromatic carbocycles. The molecule has 1 aliphatic rings. The number of hydrogen-bond acceptors (Lipinski definition) is 2. The van der Waals surface area contributed by atoms with Crippen molar-refractivity contribution in [3.05, 3.63) is 35.4 Å². The second-order valence-electron chi connectivity index (χ2n) is 7.24. The maximum absolute atomic E-state index is 13.6. The molecule has 1 fully saturated rings. The SMILES string of the molecule is CC(C)Cc1cccc(C(N2CC(C)(C)C(=O)N2)C(F)(F)F)c1. The maximum atomic E-state index is 13.6. The fourth-order valence-electron chi connectivity index (χ4n) is 2.88. The molecular formula is C17H23F3N2O. The van der Waals surface area contributed by atoms with Crippen molar-refractivity contribution in [2.75, 3.05) is 6.54 Å². The number of benzene rings is 1. The zero-order valence-electron chi connectivity index (χ0n) is 13.9. The van der Waals surface area contributed by atoms with Gasteiger partial charge in [0, 0.05) is 6.54 Å². The number of carbonyl (C=O) groups excluding carboxylic acids is 1. The van der Waals surface area contributed by atoms with Gasteiger partial charge in [0.05, 0.1) is 5.41 Å². The fourth-order valence-corrected chi connectivity index (χ4v) is 2.88. The highest BCUT2D eigenvalue weighted by Crippen LogP contribution is 2.40. The van der Waals surface area contributed by atoms with E-state index in [1.54, 1.807) is 26.0 Å². The van der Waals surface area contributed by atoms with Crippen molar-refractivity contribution in [2.45, 2.75) is 46.3 Å². The van der Waals surface area contributed by atoms with Gasteiger partial charge in [-0.25, -0.2) is 5.01 Å². The minimum Gasteiger partial charge on any atom is -0.287 e. The minimum atomic E-state index is -4.47. The number of rotatable bonds is 4. The molecule has 2 rings (SSSR count). The van der Waals surface area contributed by atoms with Gasteiger partial charge >= 0.3 is 6.18 Å². The van der Waals surface area contributed by atoms with Crippen LogP contribution in [-0.4, -0.2) is 23.6 Å². The van der Waals surface area contributed by atoms with Gasteiger partial charge in [-0.15, -0.1) is 0 Å². The summed E-state index contributed by atoms with van der Waals surface area (Å²) in [5, 5.41) is 1.01. The molecule has 0 aliphatic carbocycles. The summed E-state index contributed by atoms with van der Waals surface area (Å²) in [5.41, 5.74) is 2.58. The molecule has 1 amide bonds. The van der Waals surface area contributed by atoms with Gasteiger partial charge in [-0.2, -0.15) is 13.2 Å². The first-order valence-electron chi connectivity index (χ1n) is 7.74. The van der Waals surface area contributed by atoms with Gasteiger partial charge in [0.25, 0.3) is 0 Å². The van der Waals surface area contributed by atoms with E-state index in [0.29, 0.717) is 5.92 Å². The molecule has 0 spiro atoms. The van der Waals surface area contributed by atoms with E-state index in [1.807, 2.05) is 19.9 Å². The molecule has 23 heavy (non-hydrogen) atoms. The number of alkyl halides is 3. The maximum Gasteiger partial charge on any atom is 0.409 e. The van der Waals surface area contributed by atoms with Crippen LogP contribution in [0.4, 0.5) is 13.2 Å². The molecule has 1 aromatic rings. The normalized spacial score (nSPS) is 19.9. The Morgan fingerprint density at radius 2 is 1.96 bits per heavy atom. The number of carbonyl (C=O) groups is 1. The van der Waals surface area contributed by atoms with Crippen molar-refractivity contribution in [3.63, 3.8) is 0 Å². The number of halogens is 3. The van der Waals surface area contributed by atoms with E-state index in [0.717, 1.165) is 17.0 Å². The zero-order chi connectivity index (χ0) is 17.4. The van der Waals surface area contributed by atoms with Crippen LogP contribution in [0.3, 0.4) is 0 Å². The average molecular weight is 328 g/mol. The molecule has 1 saturated heterocycles. The van der Waals surface area contributed by atoms with Gasteiger partial charge in [-0.05, 0) is 37.3 Å². The standard InChI is InChI=1S/C17H23F3N2O/c1-11(2)8-12-6-5-7-13(9-12)14(17(18,19)20)22-10-16(3,4)15(23)21-22/h5-7,9,11,14H,8,10H2,1-4H3,(H,21,23). The molecule has 0 aromatic heterocycles. The van der Waals surface area contributed by atoms with E-state index < -0.39 is 17.6 Å². The van der Waals surface area contributed by atoms with Crippen LogP contribution < -0.4 is 5.43 Å². The van der Waals surface area contributed by atoms with Crippen LogP contribution >= 0.6 is 0 Å². The largest absolute Gasteiger partial charge is 0.409 e. The van der Waals surface area contributed by atoms with Crippen molar-refractivity contribution in [3.8, 4) is 0 Å². The fraction of sp³-hybridized carbons (Fsp3) is 0.588.